The molecule has 6 heteroatoms. The monoisotopic (exact) mass is 250 g/mol. The summed E-state index contributed by atoms with van der Waals surface area (Å²) in [6, 6.07) is 1.20. The fourth-order valence-corrected chi connectivity index (χ4v) is 2.16. The maximum Gasteiger partial charge on any atom is 0.306 e. The van der Waals surface area contributed by atoms with Crippen molar-refractivity contribution >= 4 is 11.9 Å². The summed E-state index contributed by atoms with van der Waals surface area (Å²) in [5, 5.41) is 20.8. The molecular formula is C12H14N2O4. The Labute approximate surface area is 104 Å². The van der Waals surface area contributed by atoms with Crippen molar-refractivity contribution in [3.8, 4) is 5.75 Å². The van der Waals surface area contributed by atoms with Gasteiger partial charge in [-0.15, -0.1) is 0 Å². The molecule has 2 rings (SSSR count). The van der Waals surface area contributed by atoms with Crippen molar-refractivity contribution in [3.05, 3.63) is 24.0 Å². The zero-order valence-corrected chi connectivity index (χ0v) is 9.67. The van der Waals surface area contributed by atoms with Gasteiger partial charge in [0.05, 0.1) is 17.7 Å². The van der Waals surface area contributed by atoms with Crippen LogP contribution in [0.4, 0.5) is 0 Å². The smallest absolute Gasteiger partial charge is 0.306 e. The van der Waals surface area contributed by atoms with Crippen LogP contribution in [0.3, 0.4) is 0 Å². The van der Waals surface area contributed by atoms with Gasteiger partial charge in [0.2, 0.25) is 0 Å². The number of carbonyl (C=O) groups is 2. The van der Waals surface area contributed by atoms with Gasteiger partial charge in [0.1, 0.15) is 5.75 Å². The SMILES string of the molecule is O=C(N[C@H]1CC[C@@H](C(=O)O)C1)c1cncc(O)c1. The van der Waals surface area contributed by atoms with Crippen molar-refractivity contribution in [3.63, 3.8) is 0 Å². The van der Waals surface area contributed by atoms with Gasteiger partial charge < -0.3 is 15.5 Å². The second-order valence-electron chi connectivity index (χ2n) is 4.45. The molecule has 2 atom stereocenters. The standard InChI is InChI=1S/C12H14N2O4/c15-10-4-8(5-13-6-10)11(16)14-9-2-1-7(3-9)12(17)18/h4-7,9,15H,1-3H2,(H,14,16)(H,17,18)/t7-,9+/m1/s1. The Morgan fingerprint density at radius 2 is 2.11 bits per heavy atom. The molecule has 18 heavy (non-hydrogen) atoms. The highest BCUT2D eigenvalue weighted by Crippen LogP contribution is 2.25. The zero-order valence-electron chi connectivity index (χ0n) is 9.67. The van der Waals surface area contributed by atoms with Crippen LogP contribution in [0.2, 0.25) is 0 Å². The molecule has 1 aromatic rings. The lowest BCUT2D eigenvalue weighted by molar-refractivity contribution is -0.141. The molecular weight excluding hydrogens is 236 g/mol. The van der Waals surface area contributed by atoms with E-state index in [9.17, 15) is 14.7 Å². The maximum absolute atomic E-state index is 11.8. The van der Waals surface area contributed by atoms with Gasteiger partial charge in [-0.2, -0.15) is 0 Å². The summed E-state index contributed by atoms with van der Waals surface area (Å²) in [4.78, 5) is 26.3. The molecule has 0 spiro atoms. The van der Waals surface area contributed by atoms with E-state index in [1.807, 2.05) is 0 Å². The number of aromatic nitrogens is 1. The quantitative estimate of drug-likeness (QED) is 0.735. The third-order valence-electron chi connectivity index (χ3n) is 3.10. The highest BCUT2D eigenvalue weighted by molar-refractivity contribution is 5.94. The van der Waals surface area contributed by atoms with Gasteiger partial charge in [-0.25, -0.2) is 0 Å². The van der Waals surface area contributed by atoms with E-state index in [0.717, 1.165) is 0 Å². The van der Waals surface area contributed by atoms with E-state index in [1.54, 1.807) is 0 Å². The number of amides is 1. The molecule has 0 bridgehead atoms. The van der Waals surface area contributed by atoms with Crippen molar-refractivity contribution in [2.45, 2.75) is 25.3 Å². The fraction of sp³-hybridized carbons (Fsp3) is 0.417. The van der Waals surface area contributed by atoms with Crippen LogP contribution >= 0.6 is 0 Å². The third-order valence-corrected chi connectivity index (χ3v) is 3.10. The largest absolute Gasteiger partial charge is 0.506 e. The summed E-state index contributed by atoms with van der Waals surface area (Å²) in [5.41, 5.74) is 0.272. The fourth-order valence-electron chi connectivity index (χ4n) is 2.16. The first kappa shape index (κ1) is 12.3. The number of carboxylic acid groups (broad SMARTS) is 1. The third kappa shape index (κ3) is 2.77. The van der Waals surface area contributed by atoms with Crippen molar-refractivity contribution < 1.29 is 19.8 Å². The summed E-state index contributed by atoms with van der Waals surface area (Å²) in [6.07, 6.45) is 4.30. The molecule has 1 saturated carbocycles. The average molecular weight is 250 g/mol. The van der Waals surface area contributed by atoms with Gasteiger partial charge >= 0.3 is 5.97 Å². The summed E-state index contributed by atoms with van der Waals surface area (Å²) < 4.78 is 0. The van der Waals surface area contributed by atoms with Crippen LogP contribution in [0.5, 0.6) is 5.75 Å². The normalized spacial score (nSPS) is 22.7. The van der Waals surface area contributed by atoms with Crippen LogP contribution in [0.1, 0.15) is 29.6 Å². The number of pyridine rings is 1. The van der Waals surface area contributed by atoms with Crippen LogP contribution in [-0.2, 0) is 4.79 Å². The van der Waals surface area contributed by atoms with Gasteiger partial charge in [-0.05, 0) is 25.3 Å². The van der Waals surface area contributed by atoms with Gasteiger partial charge in [-0.1, -0.05) is 0 Å². The van der Waals surface area contributed by atoms with Crippen LogP contribution in [0.25, 0.3) is 0 Å². The minimum absolute atomic E-state index is 0.0718. The second kappa shape index (κ2) is 5.03. The zero-order chi connectivity index (χ0) is 13.1. The molecule has 0 aliphatic heterocycles. The number of nitrogens with zero attached hydrogens (tertiary/aromatic N) is 1. The molecule has 0 saturated heterocycles. The summed E-state index contributed by atoms with van der Waals surface area (Å²) in [5.74, 6) is -1.60. The Balaban J connectivity index is 1.95. The molecule has 1 fully saturated rings. The van der Waals surface area contributed by atoms with E-state index < -0.39 is 5.97 Å². The molecule has 6 nitrogen and oxygen atoms in total. The molecule has 1 heterocycles. The summed E-state index contributed by atoms with van der Waals surface area (Å²) in [7, 11) is 0. The molecule has 96 valence electrons. The highest BCUT2D eigenvalue weighted by atomic mass is 16.4. The first-order chi connectivity index (χ1) is 8.56. The predicted molar refractivity (Wildman–Crippen MR) is 62.1 cm³/mol. The van der Waals surface area contributed by atoms with E-state index >= 15 is 0 Å². The first-order valence-corrected chi connectivity index (χ1v) is 5.74. The van der Waals surface area contributed by atoms with Crippen LogP contribution in [0.15, 0.2) is 18.5 Å². The van der Waals surface area contributed by atoms with E-state index in [2.05, 4.69) is 10.3 Å². The van der Waals surface area contributed by atoms with Crippen molar-refractivity contribution in [2.75, 3.05) is 0 Å². The minimum atomic E-state index is -0.814. The molecule has 1 aliphatic carbocycles. The summed E-state index contributed by atoms with van der Waals surface area (Å²) in [6.45, 7) is 0. The number of carbonyl (C=O) groups excluding carboxylic acids is 1. The number of rotatable bonds is 3. The van der Waals surface area contributed by atoms with Crippen molar-refractivity contribution in [1.29, 1.82) is 0 Å². The molecule has 3 N–H and O–H groups in total. The van der Waals surface area contributed by atoms with Crippen molar-refractivity contribution in [1.82, 2.24) is 10.3 Å². The van der Waals surface area contributed by atoms with Gasteiger partial charge in [-0.3, -0.25) is 14.6 Å². The lowest BCUT2D eigenvalue weighted by Crippen LogP contribution is -2.33. The number of nitrogens with one attached hydrogen (secondary N) is 1. The molecule has 1 aromatic heterocycles. The predicted octanol–water partition coefficient (Wildman–Crippen LogP) is 0.770. The van der Waals surface area contributed by atoms with Crippen LogP contribution in [-0.4, -0.2) is 33.1 Å². The highest BCUT2D eigenvalue weighted by Gasteiger charge is 2.30. The van der Waals surface area contributed by atoms with Gasteiger partial charge in [0.15, 0.2) is 0 Å². The molecule has 0 radical (unpaired) electrons. The Hall–Kier alpha value is -2.11. The Morgan fingerprint density at radius 1 is 1.33 bits per heavy atom. The lowest BCUT2D eigenvalue weighted by atomic mass is 10.1. The molecule has 0 aromatic carbocycles. The Kier molecular flexibility index (Phi) is 3.45. The number of carboxylic acids is 1. The molecule has 0 unspecified atom stereocenters. The summed E-state index contributed by atoms with van der Waals surface area (Å²) >= 11 is 0. The molecule has 1 amide bonds. The number of aliphatic carboxylic acids is 1. The van der Waals surface area contributed by atoms with E-state index in [0.29, 0.717) is 19.3 Å². The topological polar surface area (TPSA) is 99.5 Å². The van der Waals surface area contributed by atoms with Gasteiger partial charge in [0.25, 0.3) is 5.91 Å². The number of aromatic hydroxyl groups is 1. The minimum Gasteiger partial charge on any atom is -0.506 e. The van der Waals surface area contributed by atoms with Gasteiger partial charge in [0, 0.05) is 12.2 Å². The van der Waals surface area contributed by atoms with E-state index in [4.69, 9.17) is 5.11 Å². The average Bonchev–Trinajstić information content (AvgIpc) is 2.77. The number of hydrogen-bond acceptors (Lipinski definition) is 4. The second-order valence-corrected chi connectivity index (χ2v) is 4.45. The molecule has 1 aliphatic rings. The van der Waals surface area contributed by atoms with E-state index in [-0.39, 0.29) is 29.2 Å². The number of hydrogen-bond donors (Lipinski definition) is 3. The van der Waals surface area contributed by atoms with Crippen molar-refractivity contribution in [2.24, 2.45) is 5.92 Å². The van der Waals surface area contributed by atoms with Crippen LogP contribution < -0.4 is 5.32 Å². The lowest BCUT2D eigenvalue weighted by Gasteiger charge is -2.12. The van der Waals surface area contributed by atoms with Crippen LogP contribution in [0, 0.1) is 5.92 Å². The van der Waals surface area contributed by atoms with E-state index in [1.165, 1.54) is 18.5 Å². The Morgan fingerprint density at radius 3 is 2.72 bits per heavy atom. The first-order valence-electron chi connectivity index (χ1n) is 5.74. The maximum atomic E-state index is 11.8. The Bertz CT molecular complexity index is 475.